The van der Waals surface area contributed by atoms with Crippen molar-refractivity contribution in [2.24, 2.45) is 0 Å². The fourth-order valence-electron chi connectivity index (χ4n) is 2.24. The number of sulfonamides is 1. The van der Waals surface area contributed by atoms with Gasteiger partial charge in [-0.1, -0.05) is 25.7 Å². The van der Waals surface area contributed by atoms with E-state index < -0.39 is 20.9 Å². The molecule has 0 amide bonds. The number of nitrogens with zero attached hydrogens (tertiary/aromatic N) is 1. The van der Waals surface area contributed by atoms with Crippen LogP contribution in [0.15, 0.2) is 23.4 Å². The van der Waals surface area contributed by atoms with E-state index in [0.29, 0.717) is 0 Å². The van der Waals surface area contributed by atoms with Gasteiger partial charge in [-0.3, -0.25) is 0 Å². The van der Waals surface area contributed by atoms with Gasteiger partial charge in [-0.15, -0.1) is 0 Å². The predicted molar refractivity (Wildman–Crippen MR) is 66.0 cm³/mol. The normalized spacial score (nSPS) is 18.5. The third kappa shape index (κ3) is 3.26. The highest BCUT2D eigenvalue weighted by Crippen LogP contribution is 2.19. The fraction of sp³-hybridized carbons (Fsp3) is 0.583. The minimum absolute atomic E-state index is 0.0982. The summed E-state index contributed by atoms with van der Waals surface area (Å²) in [6.07, 6.45) is 7.20. The monoisotopic (exact) mass is 272 g/mol. The van der Waals surface area contributed by atoms with Crippen LogP contribution in [0.1, 0.15) is 38.5 Å². The van der Waals surface area contributed by atoms with Gasteiger partial charge >= 0.3 is 0 Å². The Bertz CT molecular complexity index is 497. The first-order chi connectivity index (χ1) is 8.59. The molecule has 0 spiro atoms. The molecule has 0 unspecified atom stereocenters. The lowest BCUT2D eigenvalue weighted by atomic mass is 10.1. The summed E-state index contributed by atoms with van der Waals surface area (Å²) in [6, 6.07) is 2.38. The molecular formula is C12H17FN2O2S. The highest BCUT2D eigenvalue weighted by Gasteiger charge is 2.24. The topological polar surface area (TPSA) is 59.1 Å². The maximum atomic E-state index is 13.4. The molecule has 1 aromatic rings. The summed E-state index contributed by atoms with van der Waals surface area (Å²) in [5, 5.41) is -0.505. The maximum absolute atomic E-state index is 13.4. The molecule has 6 heteroatoms. The van der Waals surface area contributed by atoms with Crippen molar-refractivity contribution in [2.45, 2.75) is 49.6 Å². The van der Waals surface area contributed by atoms with Crippen molar-refractivity contribution in [1.29, 1.82) is 0 Å². The van der Waals surface area contributed by atoms with Crippen LogP contribution in [0.3, 0.4) is 0 Å². The van der Waals surface area contributed by atoms with Gasteiger partial charge in [0.15, 0.2) is 5.82 Å². The van der Waals surface area contributed by atoms with Gasteiger partial charge in [-0.2, -0.15) is 0 Å². The van der Waals surface area contributed by atoms with E-state index in [1.807, 2.05) is 0 Å². The third-order valence-electron chi connectivity index (χ3n) is 3.16. The number of rotatable bonds is 3. The molecule has 1 fully saturated rings. The van der Waals surface area contributed by atoms with Gasteiger partial charge < -0.3 is 0 Å². The number of hydrogen-bond donors (Lipinski definition) is 1. The van der Waals surface area contributed by atoms with Crippen molar-refractivity contribution in [1.82, 2.24) is 9.71 Å². The molecular weight excluding hydrogens is 255 g/mol. The number of nitrogens with one attached hydrogen (secondary N) is 1. The van der Waals surface area contributed by atoms with Gasteiger partial charge in [0.1, 0.15) is 0 Å². The van der Waals surface area contributed by atoms with E-state index in [9.17, 15) is 12.8 Å². The smallest absolute Gasteiger partial charge is 0.241 e. The Kier molecular flexibility index (Phi) is 4.29. The molecule has 2 rings (SSSR count). The number of aromatic nitrogens is 1. The first-order valence-corrected chi connectivity index (χ1v) is 7.71. The summed E-state index contributed by atoms with van der Waals surface area (Å²) in [4.78, 5) is 3.61. The predicted octanol–water partition coefficient (Wildman–Crippen LogP) is 2.22. The third-order valence-corrected chi connectivity index (χ3v) is 4.61. The Labute approximate surface area is 107 Å². The quantitative estimate of drug-likeness (QED) is 0.858. The van der Waals surface area contributed by atoms with E-state index in [1.165, 1.54) is 12.3 Å². The van der Waals surface area contributed by atoms with Crippen molar-refractivity contribution in [3.63, 3.8) is 0 Å². The Morgan fingerprint density at radius 3 is 2.50 bits per heavy atom. The zero-order valence-electron chi connectivity index (χ0n) is 10.1. The van der Waals surface area contributed by atoms with Crippen LogP contribution >= 0.6 is 0 Å². The molecule has 0 aliphatic heterocycles. The summed E-state index contributed by atoms with van der Waals surface area (Å²) in [7, 11) is -3.84. The van der Waals surface area contributed by atoms with Crippen LogP contribution < -0.4 is 4.72 Å². The van der Waals surface area contributed by atoms with E-state index in [1.54, 1.807) is 0 Å². The molecule has 1 aliphatic carbocycles. The summed E-state index contributed by atoms with van der Waals surface area (Å²) in [6.45, 7) is 0. The molecule has 4 nitrogen and oxygen atoms in total. The first kappa shape index (κ1) is 13.4. The molecule has 18 heavy (non-hydrogen) atoms. The van der Waals surface area contributed by atoms with E-state index >= 15 is 0 Å². The zero-order chi connectivity index (χ0) is 13.0. The standard InChI is InChI=1S/C12H17FN2O2S/c13-11-8-5-9-14-12(11)18(16,17)15-10-6-3-1-2-4-7-10/h5,8-10,15H,1-4,6-7H2. The van der Waals surface area contributed by atoms with Gasteiger partial charge in [0.05, 0.1) is 0 Å². The number of hydrogen-bond acceptors (Lipinski definition) is 3. The second-order valence-corrected chi connectivity index (χ2v) is 6.23. The summed E-state index contributed by atoms with van der Waals surface area (Å²) < 4.78 is 40.0. The average molecular weight is 272 g/mol. The van der Waals surface area contributed by atoms with E-state index in [0.717, 1.165) is 44.6 Å². The van der Waals surface area contributed by atoms with Gasteiger partial charge in [-0.05, 0) is 25.0 Å². The largest absolute Gasteiger partial charge is 0.261 e. The van der Waals surface area contributed by atoms with Crippen LogP contribution in [0, 0.1) is 5.82 Å². The maximum Gasteiger partial charge on any atom is 0.261 e. The SMILES string of the molecule is O=S(=O)(NC1CCCCCC1)c1ncccc1F. The lowest BCUT2D eigenvalue weighted by Gasteiger charge is -2.15. The molecule has 100 valence electrons. The number of halogens is 1. The average Bonchev–Trinajstić information content (AvgIpc) is 2.57. The lowest BCUT2D eigenvalue weighted by molar-refractivity contribution is 0.498. The Balaban J connectivity index is 2.14. The molecule has 0 bridgehead atoms. The fourth-order valence-corrected chi connectivity index (χ4v) is 3.55. The van der Waals surface area contributed by atoms with Crippen LogP contribution in [0.25, 0.3) is 0 Å². The molecule has 0 aromatic carbocycles. The van der Waals surface area contributed by atoms with Crippen LogP contribution in [0.4, 0.5) is 4.39 Å². The van der Waals surface area contributed by atoms with E-state index in [2.05, 4.69) is 9.71 Å². The second-order valence-electron chi connectivity index (χ2n) is 4.60. The van der Waals surface area contributed by atoms with Crippen LogP contribution in [-0.4, -0.2) is 19.4 Å². The van der Waals surface area contributed by atoms with E-state index in [4.69, 9.17) is 0 Å². The second kappa shape index (κ2) is 5.75. The molecule has 1 aromatic heterocycles. The van der Waals surface area contributed by atoms with Crippen LogP contribution in [-0.2, 0) is 10.0 Å². The van der Waals surface area contributed by atoms with E-state index in [-0.39, 0.29) is 6.04 Å². The molecule has 0 radical (unpaired) electrons. The molecule has 1 N–H and O–H groups in total. The van der Waals surface area contributed by atoms with Gasteiger partial charge in [-0.25, -0.2) is 22.5 Å². The Morgan fingerprint density at radius 2 is 1.89 bits per heavy atom. The molecule has 1 aliphatic rings. The molecule has 1 saturated carbocycles. The van der Waals surface area contributed by atoms with Crippen LogP contribution in [0.2, 0.25) is 0 Å². The lowest BCUT2D eigenvalue weighted by Crippen LogP contribution is -2.35. The Hall–Kier alpha value is -1.01. The summed E-state index contributed by atoms with van der Waals surface area (Å²) in [5.41, 5.74) is 0. The minimum Gasteiger partial charge on any atom is -0.241 e. The van der Waals surface area contributed by atoms with Gasteiger partial charge in [0.2, 0.25) is 5.03 Å². The van der Waals surface area contributed by atoms with Crippen molar-refractivity contribution in [3.8, 4) is 0 Å². The number of pyridine rings is 1. The van der Waals surface area contributed by atoms with Gasteiger partial charge in [0.25, 0.3) is 10.0 Å². The molecule has 1 heterocycles. The molecule has 0 atom stereocenters. The minimum atomic E-state index is -3.84. The van der Waals surface area contributed by atoms with Crippen molar-refractivity contribution < 1.29 is 12.8 Å². The summed E-state index contributed by atoms with van der Waals surface area (Å²) in [5.74, 6) is -0.807. The first-order valence-electron chi connectivity index (χ1n) is 6.22. The van der Waals surface area contributed by atoms with Crippen LogP contribution in [0.5, 0.6) is 0 Å². The molecule has 0 saturated heterocycles. The van der Waals surface area contributed by atoms with Crippen molar-refractivity contribution >= 4 is 10.0 Å². The zero-order valence-corrected chi connectivity index (χ0v) is 10.9. The highest BCUT2D eigenvalue weighted by atomic mass is 32.2. The van der Waals surface area contributed by atoms with Gasteiger partial charge in [0, 0.05) is 12.2 Å². The summed E-state index contributed by atoms with van der Waals surface area (Å²) >= 11 is 0. The Morgan fingerprint density at radius 1 is 1.22 bits per heavy atom. The highest BCUT2D eigenvalue weighted by molar-refractivity contribution is 7.89. The van der Waals surface area contributed by atoms with Crippen molar-refractivity contribution in [3.05, 3.63) is 24.1 Å². The van der Waals surface area contributed by atoms with Crippen molar-refractivity contribution in [2.75, 3.05) is 0 Å².